The van der Waals surface area contributed by atoms with Gasteiger partial charge in [0.15, 0.2) is 0 Å². The van der Waals surface area contributed by atoms with Crippen LogP contribution in [0.5, 0.6) is 0 Å². The van der Waals surface area contributed by atoms with Crippen molar-refractivity contribution >= 4 is 17.7 Å². The molecular weight excluding hydrogens is 379 g/mol. The van der Waals surface area contributed by atoms with Gasteiger partial charge in [-0.2, -0.15) is 0 Å². The second-order valence-electron chi connectivity index (χ2n) is 7.10. The van der Waals surface area contributed by atoms with Gasteiger partial charge in [-0.1, -0.05) is 19.1 Å². The molecule has 1 aromatic rings. The van der Waals surface area contributed by atoms with Crippen molar-refractivity contribution in [3.05, 3.63) is 57.9 Å². The lowest BCUT2D eigenvalue weighted by atomic mass is 10.0. The minimum Gasteiger partial charge on any atom is -0.478 e. The summed E-state index contributed by atoms with van der Waals surface area (Å²) in [6.45, 7) is 8.62. The van der Waals surface area contributed by atoms with Crippen molar-refractivity contribution in [3.8, 4) is 0 Å². The molecule has 0 amide bonds. The van der Waals surface area contributed by atoms with Gasteiger partial charge >= 0.3 is 5.97 Å². The smallest absolute Gasteiger partial charge is 0.338 e. The number of halogens is 1. The fourth-order valence-corrected chi connectivity index (χ4v) is 4.75. The van der Waals surface area contributed by atoms with E-state index in [0.29, 0.717) is 25.3 Å². The first-order chi connectivity index (χ1) is 13.4. The lowest BCUT2D eigenvalue weighted by Gasteiger charge is -2.47. The monoisotopic (exact) mass is 406 g/mol. The Morgan fingerprint density at radius 2 is 2.07 bits per heavy atom. The third-order valence-electron chi connectivity index (χ3n) is 5.11. The average Bonchev–Trinajstić information content (AvgIpc) is 2.65. The highest BCUT2D eigenvalue weighted by Gasteiger charge is 2.36. The van der Waals surface area contributed by atoms with Crippen molar-refractivity contribution in [1.82, 2.24) is 9.80 Å². The Balaban J connectivity index is 2.03. The molecule has 0 saturated carbocycles. The maximum atomic E-state index is 13.4. The summed E-state index contributed by atoms with van der Waals surface area (Å²) in [6.07, 6.45) is 1.97. The van der Waals surface area contributed by atoms with Crippen LogP contribution in [-0.2, 0) is 16.1 Å². The zero-order valence-electron chi connectivity index (χ0n) is 16.5. The highest BCUT2D eigenvalue weighted by Crippen LogP contribution is 2.37. The van der Waals surface area contributed by atoms with Crippen molar-refractivity contribution in [2.24, 2.45) is 0 Å². The molecule has 3 rings (SSSR count). The molecule has 0 aliphatic carbocycles. The standard InChI is InChI=1S/C21H27FN2O3S/c1-4-28-20-19(21(25)26)14(2)11-18(23-9-10-27-13-15(23)3)24(20)12-16-5-7-17(22)8-6-16/h5-8,11,15,18H,4,9-10,12-13H2,1-3H3,(H,25,26)/t15-,18?/m1/s1. The number of hydrogen-bond acceptors (Lipinski definition) is 5. The van der Waals surface area contributed by atoms with Gasteiger partial charge in [-0.15, -0.1) is 11.8 Å². The van der Waals surface area contributed by atoms with Crippen molar-refractivity contribution in [2.45, 2.75) is 39.5 Å². The van der Waals surface area contributed by atoms with E-state index in [1.54, 1.807) is 23.9 Å². The number of hydrogen-bond donors (Lipinski definition) is 1. The normalized spacial score (nSPS) is 23.7. The van der Waals surface area contributed by atoms with Gasteiger partial charge in [0.1, 0.15) is 12.0 Å². The minimum absolute atomic E-state index is 0.0684. The lowest BCUT2D eigenvalue weighted by molar-refractivity contribution is -0.132. The van der Waals surface area contributed by atoms with Crippen molar-refractivity contribution < 1.29 is 19.0 Å². The Hall–Kier alpha value is -1.83. The van der Waals surface area contributed by atoms with Gasteiger partial charge in [-0.05, 0) is 48.9 Å². The predicted octanol–water partition coefficient (Wildman–Crippen LogP) is 3.68. The Kier molecular flexibility index (Phi) is 6.80. The van der Waals surface area contributed by atoms with Crippen LogP contribution in [0, 0.1) is 5.82 Å². The molecule has 7 heteroatoms. The number of benzene rings is 1. The van der Waals surface area contributed by atoms with E-state index >= 15 is 0 Å². The van der Waals surface area contributed by atoms with Crippen LogP contribution >= 0.6 is 11.8 Å². The second-order valence-corrected chi connectivity index (χ2v) is 8.35. The van der Waals surface area contributed by atoms with Gasteiger partial charge in [0.05, 0.1) is 23.8 Å². The van der Waals surface area contributed by atoms with E-state index in [1.165, 1.54) is 12.1 Å². The van der Waals surface area contributed by atoms with Gasteiger partial charge in [0, 0.05) is 19.1 Å². The zero-order chi connectivity index (χ0) is 20.3. The summed E-state index contributed by atoms with van der Waals surface area (Å²) in [5.41, 5.74) is 2.08. The molecule has 1 fully saturated rings. The van der Waals surface area contributed by atoms with E-state index in [1.807, 2.05) is 19.9 Å². The summed E-state index contributed by atoms with van der Waals surface area (Å²) in [5.74, 6) is -0.422. The number of ether oxygens (including phenoxy) is 1. The minimum atomic E-state index is -0.915. The maximum Gasteiger partial charge on any atom is 0.338 e. The lowest BCUT2D eigenvalue weighted by Crippen LogP contribution is -2.56. The average molecular weight is 407 g/mol. The van der Waals surface area contributed by atoms with E-state index in [2.05, 4.69) is 16.7 Å². The SMILES string of the molecule is CCSC1=C(C(=O)O)C(C)=CC(N2CCOC[C@H]2C)N1Cc1ccc(F)cc1. The Bertz CT molecular complexity index is 778. The van der Waals surface area contributed by atoms with Crippen molar-refractivity contribution in [1.29, 1.82) is 0 Å². The molecule has 0 spiro atoms. The van der Waals surface area contributed by atoms with Crippen LogP contribution in [0.3, 0.4) is 0 Å². The van der Waals surface area contributed by atoms with Crippen LogP contribution in [0.15, 0.2) is 46.5 Å². The predicted molar refractivity (Wildman–Crippen MR) is 109 cm³/mol. The van der Waals surface area contributed by atoms with Crippen molar-refractivity contribution in [2.75, 3.05) is 25.5 Å². The number of rotatable bonds is 6. The molecule has 0 aromatic heterocycles. The van der Waals surface area contributed by atoms with Crippen LogP contribution in [0.25, 0.3) is 0 Å². The summed E-state index contributed by atoms with van der Waals surface area (Å²) in [7, 11) is 0. The van der Waals surface area contributed by atoms with E-state index in [4.69, 9.17) is 4.74 Å². The number of carboxylic acid groups (broad SMARTS) is 1. The maximum absolute atomic E-state index is 13.4. The van der Waals surface area contributed by atoms with Gasteiger partial charge in [0.25, 0.3) is 0 Å². The van der Waals surface area contributed by atoms with E-state index < -0.39 is 5.97 Å². The van der Waals surface area contributed by atoms with E-state index in [0.717, 1.165) is 28.5 Å². The number of morpholine rings is 1. The van der Waals surface area contributed by atoms with E-state index in [9.17, 15) is 14.3 Å². The number of aliphatic carboxylic acids is 1. The topological polar surface area (TPSA) is 53.0 Å². The summed E-state index contributed by atoms with van der Waals surface area (Å²) in [5, 5.41) is 10.6. The van der Waals surface area contributed by atoms with Gasteiger partial charge in [-0.25, -0.2) is 9.18 Å². The van der Waals surface area contributed by atoms with Crippen LogP contribution in [0.2, 0.25) is 0 Å². The molecule has 5 nitrogen and oxygen atoms in total. The number of thioether (sulfide) groups is 1. The summed E-state index contributed by atoms with van der Waals surface area (Å²) in [4.78, 5) is 16.5. The van der Waals surface area contributed by atoms with E-state index in [-0.39, 0.29) is 18.0 Å². The third-order valence-corrected chi connectivity index (χ3v) is 6.11. The molecular formula is C21H27FN2O3S. The number of carbonyl (C=O) groups is 1. The molecule has 28 heavy (non-hydrogen) atoms. The fraction of sp³-hybridized carbons (Fsp3) is 0.476. The number of nitrogens with zero attached hydrogens (tertiary/aromatic N) is 2. The molecule has 2 aliphatic rings. The molecule has 0 bridgehead atoms. The summed E-state index contributed by atoms with van der Waals surface area (Å²) in [6, 6.07) is 6.63. The van der Waals surface area contributed by atoms with Crippen LogP contribution in [0.1, 0.15) is 26.3 Å². The molecule has 0 radical (unpaired) electrons. The van der Waals surface area contributed by atoms with Gasteiger partial charge in [0.2, 0.25) is 0 Å². The molecule has 1 unspecified atom stereocenters. The molecule has 2 heterocycles. The first-order valence-electron chi connectivity index (χ1n) is 9.56. The highest BCUT2D eigenvalue weighted by atomic mass is 32.2. The first kappa shape index (κ1) is 20.9. The van der Waals surface area contributed by atoms with Gasteiger partial charge in [-0.3, -0.25) is 4.90 Å². The van der Waals surface area contributed by atoms with Crippen LogP contribution < -0.4 is 0 Å². The molecule has 2 atom stereocenters. The molecule has 1 saturated heterocycles. The highest BCUT2D eigenvalue weighted by molar-refractivity contribution is 8.03. The second kappa shape index (κ2) is 9.11. The third kappa shape index (κ3) is 4.42. The zero-order valence-corrected chi connectivity index (χ0v) is 17.3. The largest absolute Gasteiger partial charge is 0.478 e. The Labute approximate surface area is 169 Å². The van der Waals surface area contributed by atoms with Crippen LogP contribution in [0.4, 0.5) is 4.39 Å². The Morgan fingerprint density at radius 3 is 2.68 bits per heavy atom. The van der Waals surface area contributed by atoms with Crippen molar-refractivity contribution in [3.63, 3.8) is 0 Å². The quantitative estimate of drug-likeness (QED) is 0.778. The van der Waals surface area contributed by atoms with Gasteiger partial charge < -0.3 is 14.7 Å². The summed E-state index contributed by atoms with van der Waals surface area (Å²) >= 11 is 1.54. The van der Waals surface area contributed by atoms with Crippen LogP contribution in [-0.4, -0.2) is 58.6 Å². The molecule has 2 aliphatic heterocycles. The molecule has 1 aromatic carbocycles. The summed E-state index contributed by atoms with van der Waals surface area (Å²) < 4.78 is 19.0. The molecule has 1 N–H and O–H groups in total. The number of carboxylic acids is 1. The Morgan fingerprint density at radius 1 is 1.36 bits per heavy atom. The molecule has 152 valence electrons. The fourth-order valence-electron chi connectivity index (χ4n) is 3.74. The first-order valence-corrected chi connectivity index (χ1v) is 10.5.